The predicted molar refractivity (Wildman–Crippen MR) is 106 cm³/mol. The van der Waals surface area contributed by atoms with Crippen LogP contribution in [-0.2, 0) is 26.1 Å². The van der Waals surface area contributed by atoms with Crippen LogP contribution < -0.4 is 5.32 Å². The number of anilines is 1. The maximum atomic E-state index is 12.7. The molecule has 0 aliphatic rings. The lowest BCUT2D eigenvalue weighted by atomic mass is 10.2. The lowest BCUT2D eigenvalue weighted by Gasteiger charge is -2.17. The van der Waals surface area contributed by atoms with Gasteiger partial charge in [-0.15, -0.1) is 0 Å². The fourth-order valence-corrected chi connectivity index (χ4v) is 3.68. The summed E-state index contributed by atoms with van der Waals surface area (Å²) in [6, 6.07) is 15.6. The number of carbonyl (C=O) groups is 1. The average molecular weight is 391 g/mol. The molecular formula is C20H26N2O4S. The number of amides is 1. The van der Waals surface area contributed by atoms with Gasteiger partial charge in [0.1, 0.15) is 0 Å². The van der Waals surface area contributed by atoms with Crippen molar-refractivity contribution >= 4 is 21.6 Å². The van der Waals surface area contributed by atoms with E-state index >= 15 is 0 Å². The number of benzene rings is 2. The Hall–Kier alpha value is -2.22. The summed E-state index contributed by atoms with van der Waals surface area (Å²) in [5.74, 6) is -0.119. The Labute approximate surface area is 161 Å². The molecule has 0 aromatic heterocycles. The summed E-state index contributed by atoms with van der Waals surface area (Å²) in [5, 5.41) is 2.76. The van der Waals surface area contributed by atoms with Gasteiger partial charge in [0.15, 0.2) is 0 Å². The lowest BCUT2D eigenvalue weighted by Crippen LogP contribution is -2.26. The van der Waals surface area contributed by atoms with Gasteiger partial charge in [0.05, 0.1) is 4.90 Å². The van der Waals surface area contributed by atoms with E-state index < -0.39 is 10.0 Å². The van der Waals surface area contributed by atoms with Crippen molar-refractivity contribution in [2.75, 3.05) is 25.6 Å². The van der Waals surface area contributed by atoms with Gasteiger partial charge in [-0.25, -0.2) is 8.42 Å². The van der Waals surface area contributed by atoms with Crippen molar-refractivity contribution in [1.29, 1.82) is 0 Å². The molecule has 1 amide bonds. The van der Waals surface area contributed by atoms with E-state index in [1.54, 1.807) is 19.2 Å². The number of hydrogen-bond acceptors (Lipinski definition) is 4. The maximum absolute atomic E-state index is 12.7. The van der Waals surface area contributed by atoms with Crippen LogP contribution >= 0.6 is 0 Å². The molecule has 0 fully saturated rings. The van der Waals surface area contributed by atoms with Gasteiger partial charge in [-0.05, 0) is 43.2 Å². The number of rotatable bonds is 10. The molecule has 0 heterocycles. The Balaban J connectivity index is 1.95. The second-order valence-electron chi connectivity index (χ2n) is 6.12. The van der Waals surface area contributed by atoms with Gasteiger partial charge in [-0.2, -0.15) is 4.31 Å². The first-order valence-corrected chi connectivity index (χ1v) is 10.4. The van der Waals surface area contributed by atoms with Crippen LogP contribution in [0.2, 0.25) is 0 Å². The average Bonchev–Trinajstić information content (AvgIpc) is 2.66. The topological polar surface area (TPSA) is 75.7 Å². The number of nitrogens with zero attached hydrogens (tertiary/aromatic N) is 1. The standard InChI is InChI=1S/C20H26N2O4S/c1-3-26-15-7-10-20(23)21-18-11-13-19(14-12-18)27(24,25)22(2)16-17-8-5-4-6-9-17/h4-6,8-9,11-14H,3,7,10,15-16H2,1-2H3,(H,21,23). The van der Waals surface area contributed by atoms with Crippen LogP contribution in [0.3, 0.4) is 0 Å². The Morgan fingerprint density at radius 2 is 1.74 bits per heavy atom. The van der Waals surface area contributed by atoms with Crippen LogP contribution in [0, 0.1) is 0 Å². The minimum absolute atomic E-state index is 0.119. The zero-order valence-corrected chi connectivity index (χ0v) is 16.5. The van der Waals surface area contributed by atoms with Gasteiger partial charge >= 0.3 is 0 Å². The van der Waals surface area contributed by atoms with Gasteiger partial charge in [0.2, 0.25) is 15.9 Å². The van der Waals surface area contributed by atoms with E-state index in [1.165, 1.54) is 16.4 Å². The van der Waals surface area contributed by atoms with Gasteiger partial charge in [-0.1, -0.05) is 30.3 Å². The highest BCUT2D eigenvalue weighted by atomic mass is 32.2. The van der Waals surface area contributed by atoms with Crippen molar-refractivity contribution in [3.8, 4) is 0 Å². The molecule has 7 heteroatoms. The molecule has 6 nitrogen and oxygen atoms in total. The summed E-state index contributed by atoms with van der Waals surface area (Å²) < 4.78 is 31.9. The van der Waals surface area contributed by atoms with Crippen LogP contribution in [0.4, 0.5) is 5.69 Å². The highest BCUT2D eigenvalue weighted by Gasteiger charge is 2.20. The second kappa shape index (κ2) is 10.2. The van der Waals surface area contributed by atoms with Crippen LogP contribution in [0.5, 0.6) is 0 Å². The van der Waals surface area contributed by atoms with Gasteiger partial charge in [0, 0.05) is 38.9 Å². The Kier molecular flexibility index (Phi) is 7.97. The zero-order valence-electron chi connectivity index (χ0n) is 15.7. The van der Waals surface area contributed by atoms with Crippen molar-refractivity contribution in [2.45, 2.75) is 31.2 Å². The monoisotopic (exact) mass is 390 g/mol. The molecular weight excluding hydrogens is 364 g/mol. The molecule has 0 spiro atoms. The molecule has 1 N–H and O–H groups in total. The maximum Gasteiger partial charge on any atom is 0.243 e. The highest BCUT2D eigenvalue weighted by molar-refractivity contribution is 7.89. The fraction of sp³-hybridized carbons (Fsp3) is 0.350. The molecule has 0 saturated heterocycles. The summed E-state index contributed by atoms with van der Waals surface area (Å²) in [5.41, 5.74) is 1.49. The normalized spacial score (nSPS) is 11.5. The molecule has 27 heavy (non-hydrogen) atoms. The first kappa shape index (κ1) is 21.1. The summed E-state index contributed by atoms with van der Waals surface area (Å²) in [6.07, 6.45) is 1.01. The molecule has 0 aliphatic heterocycles. The summed E-state index contributed by atoms with van der Waals surface area (Å²) >= 11 is 0. The molecule has 2 rings (SSSR count). The van der Waals surface area contributed by atoms with Crippen LogP contribution in [0.15, 0.2) is 59.5 Å². The van der Waals surface area contributed by atoms with E-state index in [0.29, 0.717) is 38.3 Å². The summed E-state index contributed by atoms with van der Waals surface area (Å²) in [6.45, 7) is 3.39. The molecule has 0 bridgehead atoms. The SMILES string of the molecule is CCOCCCC(=O)Nc1ccc(S(=O)(=O)N(C)Cc2ccccc2)cc1. The number of sulfonamides is 1. The van der Waals surface area contributed by atoms with E-state index in [-0.39, 0.29) is 10.8 Å². The number of hydrogen-bond donors (Lipinski definition) is 1. The Morgan fingerprint density at radius 3 is 2.37 bits per heavy atom. The van der Waals surface area contributed by atoms with Gasteiger partial charge < -0.3 is 10.1 Å². The predicted octanol–water partition coefficient (Wildman–Crippen LogP) is 3.26. The van der Waals surface area contributed by atoms with Crippen molar-refractivity contribution in [2.24, 2.45) is 0 Å². The minimum atomic E-state index is -3.60. The molecule has 0 saturated carbocycles. The zero-order chi connectivity index (χ0) is 19.7. The van der Waals surface area contributed by atoms with Crippen molar-refractivity contribution in [1.82, 2.24) is 4.31 Å². The third kappa shape index (κ3) is 6.46. The van der Waals surface area contributed by atoms with E-state index in [2.05, 4.69) is 5.32 Å². The van der Waals surface area contributed by atoms with E-state index in [0.717, 1.165) is 5.56 Å². The second-order valence-corrected chi connectivity index (χ2v) is 8.16. The van der Waals surface area contributed by atoms with Crippen LogP contribution in [0.25, 0.3) is 0 Å². The van der Waals surface area contributed by atoms with E-state index in [1.807, 2.05) is 37.3 Å². The Morgan fingerprint density at radius 1 is 1.07 bits per heavy atom. The first-order chi connectivity index (χ1) is 12.9. The van der Waals surface area contributed by atoms with Crippen LogP contribution in [0.1, 0.15) is 25.3 Å². The molecule has 146 valence electrons. The molecule has 0 atom stereocenters. The largest absolute Gasteiger partial charge is 0.382 e. The van der Waals surface area contributed by atoms with E-state index in [4.69, 9.17) is 4.74 Å². The minimum Gasteiger partial charge on any atom is -0.382 e. The highest BCUT2D eigenvalue weighted by Crippen LogP contribution is 2.19. The van der Waals surface area contributed by atoms with Gasteiger partial charge in [-0.3, -0.25) is 4.79 Å². The van der Waals surface area contributed by atoms with Gasteiger partial charge in [0.25, 0.3) is 0 Å². The molecule has 2 aromatic rings. The van der Waals surface area contributed by atoms with Crippen molar-refractivity contribution in [3.63, 3.8) is 0 Å². The quantitative estimate of drug-likeness (QED) is 0.632. The van der Waals surface area contributed by atoms with E-state index in [9.17, 15) is 13.2 Å². The molecule has 0 aliphatic carbocycles. The molecule has 2 aromatic carbocycles. The summed E-state index contributed by atoms with van der Waals surface area (Å²) in [7, 11) is -2.05. The fourth-order valence-electron chi connectivity index (χ4n) is 2.52. The first-order valence-electron chi connectivity index (χ1n) is 8.91. The Bertz CT molecular complexity index is 821. The van der Waals surface area contributed by atoms with Crippen molar-refractivity contribution in [3.05, 3.63) is 60.2 Å². The lowest BCUT2D eigenvalue weighted by molar-refractivity contribution is -0.116. The molecule has 0 unspecified atom stereocenters. The van der Waals surface area contributed by atoms with Crippen molar-refractivity contribution < 1.29 is 17.9 Å². The summed E-state index contributed by atoms with van der Waals surface area (Å²) in [4.78, 5) is 12.1. The molecule has 0 radical (unpaired) electrons. The number of nitrogens with one attached hydrogen (secondary N) is 1. The third-order valence-electron chi connectivity index (χ3n) is 3.99. The third-order valence-corrected chi connectivity index (χ3v) is 5.81. The number of carbonyl (C=O) groups excluding carboxylic acids is 1. The van der Waals surface area contributed by atoms with Crippen LogP contribution in [-0.4, -0.2) is 38.9 Å². The number of ether oxygens (including phenoxy) is 1. The smallest absolute Gasteiger partial charge is 0.243 e.